The number of nitrogens with zero attached hydrogens (tertiary/aromatic N) is 1. The average molecular weight is 293 g/mol. The maximum absolute atomic E-state index is 12.3. The van der Waals surface area contributed by atoms with E-state index in [1.54, 1.807) is 0 Å². The maximum atomic E-state index is 12.3. The van der Waals surface area contributed by atoms with E-state index in [1.165, 1.54) is 29.3 Å². The Hall–Kier alpha value is -0.700. The number of aromatic nitrogens is 1. The van der Waals surface area contributed by atoms with E-state index in [9.17, 15) is 4.79 Å². The highest BCUT2D eigenvalue weighted by Crippen LogP contribution is 2.38. The lowest BCUT2D eigenvalue weighted by molar-refractivity contribution is 0.0909. The number of hydrogen-bond donors (Lipinski definition) is 0. The van der Waals surface area contributed by atoms with E-state index < -0.39 is 0 Å². The fourth-order valence-corrected chi connectivity index (χ4v) is 4.11. The molecule has 1 aliphatic carbocycles. The fraction of sp³-hybridized carbons (Fsp3) is 0.706. The van der Waals surface area contributed by atoms with Crippen molar-refractivity contribution in [2.45, 2.75) is 59.9 Å². The Labute approximate surface area is 127 Å². The number of carbonyl (C=O) groups excluding carboxylic acids is 1. The molecule has 1 aliphatic rings. The molecule has 0 saturated heterocycles. The molecular weight excluding hydrogens is 266 g/mol. The first-order chi connectivity index (χ1) is 9.35. The molecule has 2 nitrogen and oxygen atoms in total. The number of hydrogen-bond acceptors (Lipinski definition) is 2. The minimum absolute atomic E-state index is 0.102. The third-order valence-electron chi connectivity index (χ3n) is 4.25. The maximum Gasteiger partial charge on any atom is 0.165 e. The van der Waals surface area contributed by atoms with Crippen LogP contribution in [0.4, 0.5) is 0 Å². The van der Waals surface area contributed by atoms with Gasteiger partial charge in [-0.2, -0.15) is 11.8 Å². The van der Waals surface area contributed by atoms with E-state index >= 15 is 0 Å². The third-order valence-corrected chi connectivity index (χ3v) is 5.18. The van der Waals surface area contributed by atoms with Crippen LogP contribution in [0.1, 0.15) is 68.3 Å². The predicted molar refractivity (Wildman–Crippen MR) is 87.9 cm³/mol. The van der Waals surface area contributed by atoms with Crippen LogP contribution in [0.15, 0.2) is 6.07 Å². The number of rotatable bonds is 5. The van der Waals surface area contributed by atoms with Crippen LogP contribution in [0.25, 0.3) is 0 Å². The molecule has 1 aromatic heterocycles. The topological polar surface area (TPSA) is 22.0 Å². The minimum atomic E-state index is 0.102. The van der Waals surface area contributed by atoms with E-state index in [0.29, 0.717) is 18.2 Å². The molecule has 1 heterocycles. The molecule has 0 N–H and O–H groups in total. The molecule has 0 aromatic carbocycles. The highest BCUT2D eigenvalue weighted by atomic mass is 32.2. The zero-order valence-corrected chi connectivity index (χ0v) is 14.3. The normalized spacial score (nSPS) is 18.9. The quantitative estimate of drug-likeness (QED) is 0.737. The SMILES string of the molecule is CCSCCC(C)n1c(C)cc2c1CC(C)(C)CC2=O. The van der Waals surface area contributed by atoms with Gasteiger partial charge in [0.05, 0.1) is 0 Å². The van der Waals surface area contributed by atoms with Gasteiger partial charge in [-0.25, -0.2) is 0 Å². The Morgan fingerprint density at radius 2 is 2.10 bits per heavy atom. The molecule has 1 atom stereocenters. The van der Waals surface area contributed by atoms with Gasteiger partial charge >= 0.3 is 0 Å². The predicted octanol–water partition coefficient (Wildman–Crippen LogP) is 4.66. The van der Waals surface area contributed by atoms with Gasteiger partial charge in [0.2, 0.25) is 0 Å². The number of thioether (sulfide) groups is 1. The van der Waals surface area contributed by atoms with Crippen molar-refractivity contribution in [1.82, 2.24) is 4.57 Å². The molecule has 0 bridgehead atoms. The third kappa shape index (κ3) is 3.13. The van der Waals surface area contributed by atoms with Crippen LogP contribution in [0.3, 0.4) is 0 Å². The number of aryl methyl sites for hydroxylation is 1. The van der Waals surface area contributed by atoms with Crippen LogP contribution in [-0.2, 0) is 6.42 Å². The molecule has 0 fully saturated rings. The molecule has 3 heteroatoms. The minimum Gasteiger partial charge on any atom is -0.345 e. The highest BCUT2D eigenvalue weighted by molar-refractivity contribution is 7.99. The lowest BCUT2D eigenvalue weighted by Gasteiger charge is -2.31. The van der Waals surface area contributed by atoms with Gasteiger partial charge in [-0.15, -0.1) is 0 Å². The lowest BCUT2D eigenvalue weighted by atomic mass is 9.76. The zero-order valence-electron chi connectivity index (χ0n) is 13.5. The van der Waals surface area contributed by atoms with Crippen LogP contribution in [0, 0.1) is 12.3 Å². The molecule has 0 spiro atoms. The summed E-state index contributed by atoms with van der Waals surface area (Å²) >= 11 is 2.00. The van der Waals surface area contributed by atoms with Crippen molar-refractivity contribution in [3.05, 3.63) is 23.0 Å². The monoisotopic (exact) mass is 293 g/mol. The van der Waals surface area contributed by atoms with Gasteiger partial charge in [-0.1, -0.05) is 20.8 Å². The standard InChI is InChI=1S/C17H27NOS/c1-6-20-8-7-12(2)18-13(3)9-14-15(18)10-17(4,5)11-16(14)19/h9,12H,6-8,10-11H2,1-5H3. The van der Waals surface area contributed by atoms with Crippen LogP contribution >= 0.6 is 11.8 Å². The molecule has 112 valence electrons. The molecule has 2 rings (SSSR count). The highest BCUT2D eigenvalue weighted by Gasteiger charge is 2.34. The Balaban J connectivity index is 2.29. The number of Topliss-reactive ketones (excluding diaryl/α,β-unsaturated/α-hetero) is 1. The van der Waals surface area contributed by atoms with E-state index in [4.69, 9.17) is 0 Å². The second-order valence-electron chi connectivity index (χ2n) is 6.79. The van der Waals surface area contributed by atoms with Crippen molar-refractivity contribution in [3.8, 4) is 0 Å². The molecule has 1 aromatic rings. The largest absolute Gasteiger partial charge is 0.345 e. The van der Waals surface area contributed by atoms with Gasteiger partial charge in [0.25, 0.3) is 0 Å². The Bertz CT molecular complexity index is 501. The summed E-state index contributed by atoms with van der Waals surface area (Å²) in [5.74, 6) is 2.70. The fourth-order valence-electron chi connectivity index (χ4n) is 3.31. The summed E-state index contributed by atoms with van der Waals surface area (Å²) in [5.41, 5.74) is 3.61. The average Bonchev–Trinajstić information content (AvgIpc) is 2.64. The van der Waals surface area contributed by atoms with E-state index in [-0.39, 0.29) is 5.41 Å². The van der Waals surface area contributed by atoms with E-state index in [0.717, 1.165) is 12.0 Å². The summed E-state index contributed by atoms with van der Waals surface area (Å²) < 4.78 is 2.42. The van der Waals surface area contributed by atoms with Crippen molar-refractivity contribution in [1.29, 1.82) is 0 Å². The van der Waals surface area contributed by atoms with Crippen molar-refractivity contribution in [3.63, 3.8) is 0 Å². The van der Waals surface area contributed by atoms with Gasteiger partial charge in [0.15, 0.2) is 5.78 Å². The van der Waals surface area contributed by atoms with Gasteiger partial charge in [-0.3, -0.25) is 4.79 Å². The van der Waals surface area contributed by atoms with Gasteiger partial charge < -0.3 is 4.57 Å². The number of fused-ring (bicyclic) bond motifs is 1. The molecule has 0 aliphatic heterocycles. The van der Waals surface area contributed by atoms with Gasteiger partial charge in [0.1, 0.15) is 0 Å². The molecule has 1 unspecified atom stereocenters. The number of carbonyl (C=O) groups is 1. The lowest BCUT2D eigenvalue weighted by Crippen LogP contribution is -2.28. The summed E-state index contributed by atoms with van der Waals surface area (Å²) in [6.07, 6.45) is 2.88. The second kappa shape index (κ2) is 5.97. The van der Waals surface area contributed by atoms with Crippen molar-refractivity contribution in [2.75, 3.05) is 11.5 Å². The van der Waals surface area contributed by atoms with Crippen molar-refractivity contribution in [2.24, 2.45) is 5.41 Å². The van der Waals surface area contributed by atoms with E-state index in [2.05, 4.69) is 45.3 Å². The summed E-state index contributed by atoms with van der Waals surface area (Å²) in [6, 6.07) is 2.59. The first-order valence-corrected chi connectivity index (χ1v) is 8.83. The second-order valence-corrected chi connectivity index (χ2v) is 8.19. The molecule has 0 radical (unpaired) electrons. The Kier molecular flexibility index (Phi) is 4.68. The Morgan fingerprint density at radius 1 is 1.40 bits per heavy atom. The molecular formula is C17H27NOS. The van der Waals surface area contributed by atoms with Crippen molar-refractivity contribution >= 4 is 17.5 Å². The van der Waals surface area contributed by atoms with Crippen LogP contribution in [0.2, 0.25) is 0 Å². The number of ketones is 1. The summed E-state index contributed by atoms with van der Waals surface area (Å²) in [6.45, 7) is 11.0. The van der Waals surface area contributed by atoms with Gasteiger partial charge in [-0.05, 0) is 49.7 Å². The first kappa shape index (κ1) is 15.7. The first-order valence-electron chi connectivity index (χ1n) is 7.67. The van der Waals surface area contributed by atoms with Gasteiger partial charge in [0, 0.05) is 29.4 Å². The zero-order chi connectivity index (χ0) is 14.9. The Morgan fingerprint density at radius 3 is 2.75 bits per heavy atom. The summed E-state index contributed by atoms with van der Waals surface area (Å²) in [5, 5.41) is 0. The van der Waals surface area contributed by atoms with Crippen LogP contribution in [0.5, 0.6) is 0 Å². The van der Waals surface area contributed by atoms with Crippen LogP contribution < -0.4 is 0 Å². The smallest absolute Gasteiger partial charge is 0.165 e. The summed E-state index contributed by atoms with van der Waals surface area (Å²) in [4.78, 5) is 12.3. The van der Waals surface area contributed by atoms with E-state index in [1.807, 2.05) is 11.8 Å². The molecule has 0 amide bonds. The summed E-state index contributed by atoms with van der Waals surface area (Å²) in [7, 11) is 0. The molecule has 20 heavy (non-hydrogen) atoms. The van der Waals surface area contributed by atoms with Crippen LogP contribution in [-0.4, -0.2) is 21.9 Å². The molecule has 0 saturated carbocycles. The van der Waals surface area contributed by atoms with Crippen molar-refractivity contribution < 1.29 is 4.79 Å².